The number of morpholine rings is 1. The molecule has 2 aromatic carbocycles. The van der Waals surface area contributed by atoms with Crippen LogP contribution in [0.2, 0.25) is 0 Å². The molecule has 8 heteroatoms. The minimum atomic E-state index is -3.82. The number of rotatable bonds is 9. The number of amides is 1. The average Bonchev–Trinajstić information content (AvgIpc) is 2.83. The minimum Gasteiger partial charge on any atom is -0.495 e. The van der Waals surface area contributed by atoms with Crippen molar-refractivity contribution in [1.82, 2.24) is 9.62 Å². The van der Waals surface area contributed by atoms with Gasteiger partial charge in [0.05, 0.1) is 26.4 Å². The van der Waals surface area contributed by atoms with Crippen molar-refractivity contribution in [2.45, 2.75) is 44.6 Å². The molecular formula is C25H34N2O5S. The molecule has 1 aliphatic heterocycles. The Morgan fingerprint density at radius 2 is 1.79 bits per heavy atom. The van der Waals surface area contributed by atoms with Crippen LogP contribution in [0.15, 0.2) is 47.4 Å². The molecule has 180 valence electrons. The maximum Gasteiger partial charge on any atom is 0.251 e. The van der Waals surface area contributed by atoms with Gasteiger partial charge in [0.2, 0.25) is 10.0 Å². The van der Waals surface area contributed by atoms with Crippen molar-refractivity contribution >= 4 is 15.9 Å². The predicted molar refractivity (Wildman–Crippen MR) is 128 cm³/mol. The molecule has 1 atom stereocenters. The first-order chi connectivity index (χ1) is 15.8. The highest BCUT2D eigenvalue weighted by molar-refractivity contribution is 7.89. The van der Waals surface area contributed by atoms with Crippen molar-refractivity contribution in [2.24, 2.45) is 5.92 Å². The van der Waals surface area contributed by atoms with Crippen LogP contribution in [0.1, 0.15) is 54.7 Å². The smallest absolute Gasteiger partial charge is 0.251 e. The molecule has 1 heterocycles. The zero-order valence-corrected chi connectivity index (χ0v) is 20.7. The van der Waals surface area contributed by atoms with E-state index in [0.29, 0.717) is 13.2 Å². The van der Waals surface area contributed by atoms with E-state index in [1.54, 1.807) is 6.07 Å². The summed E-state index contributed by atoms with van der Waals surface area (Å²) in [5, 5.41) is 3.09. The summed E-state index contributed by atoms with van der Waals surface area (Å²) in [5.74, 6) is 0.0400. The zero-order valence-electron chi connectivity index (χ0n) is 19.8. The van der Waals surface area contributed by atoms with Crippen molar-refractivity contribution in [3.63, 3.8) is 0 Å². The Morgan fingerprint density at radius 1 is 1.12 bits per heavy atom. The molecule has 3 rings (SSSR count). The summed E-state index contributed by atoms with van der Waals surface area (Å²) in [7, 11) is -2.40. The molecule has 1 unspecified atom stereocenters. The summed E-state index contributed by atoms with van der Waals surface area (Å²) in [6, 6.07) is 12.6. The van der Waals surface area contributed by atoms with Gasteiger partial charge in [0.1, 0.15) is 10.6 Å². The van der Waals surface area contributed by atoms with Crippen molar-refractivity contribution in [1.29, 1.82) is 0 Å². The van der Waals surface area contributed by atoms with Gasteiger partial charge in [-0.1, -0.05) is 51.5 Å². The van der Waals surface area contributed by atoms with E-state index < -0.39 is 10.0 Å². The average molecular weight is 475 g/mol. The standard InChI is InChI=1S/C25H34N2O5S/c1-5-6-19-7-9-20(10-8-19)24(18(2)3)26-25(28)21-11-12-22(31-4)23(17-21)33(29,30)27-13-15-32-16-14-27/h7-12,17-18,24H,5-6,13-16H2,1-4H3,(H,26,28). The summed E-state index contributed by atoms with van der Waals surface area (Å²) in [4.78, 5) is 13.2. The highest BCUT2D eigenvalue weighted by Crippen LogP contribution is 2.29. The number of methoxy groups -OCH3 is 1. The van der Waals surface area contributed by atoms with Crippen LogP contribution in [-0.2, 0) is 21.2 Å². The van der Waals surface area contributed by atoms with Crippen LogP contribution in [0.25, 0.3) is 0 Å². The fraction of sp³-hybridized carbons (Fsp3) is 0.480. The molecule has 1 aliphatic rings. The van der Waals surface area contributed by atoms with Crippen molar-refractivity contribution in [2.75, 3.05) is 33.4 Å². The van der Waals surface area contributed by atoms with E-state index in [9.17, 15) is 13.2 Å². The third-order valence-electron chi connectivity index (χ3n) is 5.84. The van der Waals surface area contributed by atoms with Gasteiger partial charge in [-0.05, 0) is 41.7 Å². The summed E-state index contributed by atoms with van der Waals surface area (Å²) < 4.78 is 38.4. The third kappa shape index (κ3) is 5.93. The number of hydrogen-bond donors (Lipinski definition) is 1. The first-order valence-electron chi connectivity index (χ1n) is 11.4. The van der Waals surface area contributed by atoms with Crippen LogP contribution in [0.5, 0.6) is 5.75 Å². The Labute approximate surface area is 197 Å². The number of carbonyl (C=O) groups is 1. The highest BCUT2D eigenvalue weighted by atomic mass is 32.2. The van der Waals surface area contributed by atoms with E-state index in [1.807, 2.05) is 13.8 Å². The maximum atomic E-state index is 13.2. The molecule has 0 radical (unpaired) electrons. The van der Waals surface area contributed by atoms with E-state index in [4.69, 9.17) is 9.47 Å². The number of carbonyl (C=O) groups excluding carboxylic acids is 1. The lowest BCUT2D eigenvalue weighted by atomic mass is 9.94. The van der Waals surface area contributed by atoms with Gasteiger partial charge < -0.3 is 14.8 Å². The minimum absolute atomic E-state index is 0.00966. The summed E-state index contributed by atoms with van der Waals surface area (Å²) in [6.07, 6.45) is 2.10. The van der Waals surface area contributed by atoms with Gasteiger partial charge in [0.15, 0.2) is 0 Å². The Hall–Kier alpha value is -2.42. The number of sulfonamides is 1. The van der Waals surface area contributed by atoms with Gasteiger partial charge >= 0.3 is 0 Å². The second kappa shape index (κ2) is 11.1. The van der Waals surface area contributed by atoms with Crippen molar-refractivity contribution < 1.29 is 22.7 Å². The lowest BCUT2D eigenvalue weighted by Gasteiger charge is -2.27. The van der Waals surface area contributed by atoms with Crippen LogP contribution in [0.3, 0.4) is 0 Å². The van der Waals surface area contributed by atoms with Gasteiger partial charge in [-0.2, -0.15) is 4.31 Å². The SMILES string of the molecule is CCCc1ccc(C(NC(=O)c2ccc(OC)c(S(=O)(=O)N3CCOCC3)c2)C(C)C)cc1. The molecule has 1 saturated heterocycles. The molecule has 2 aromatic rings. The molecule has 0 saturated carbocycles. The lowest BCUT2D eigenvalue weighted by Crippen LogP contribution is -2.40. The van der Waals surface area contributed by atoms with Gasteiger partial charge in [-0.15, -0.1) is 0 Å². The van der Waals surface area contributed by atoms with Gasteiger partial charge in [0, 0.05) is 18.7 Å². The fourth-order valence-corrected chi connectivity index (χ4v) is 5.57. The molecule has 1 N–H and O–H groups in total. The van der Waals surface area contributed by atoms with Crippen LogP contribution < -0.4 is 10.1 Å². The van der Waals surface area contributed by atoms with E-state index in [-0.39, 0.29) is 47.2 Å². The summed E-state index contributed by atoms with van der Waals surface area (Å²) in [5.41, 5.74) is 2.56. The number of nitrogens with one attached hydrogen (secondary N) is 1. The van der Waals surface area contributed by atoms with E-state index in [0.717, 1.165) is 18.4 Å². The fourth-order valence-electron chi connectivity index (χ4n) is 3.99. The number of nitrogens with zero attached hydrogens (tertiary/aromatic N) is 1. The summed E-state index contributed by atoms with van der Waals surface area (Å²) in [6.45, 7) is 7.47. The second-order valence-corrected chi connectivity index (χ2v) is 10.5. The number of aryl methyl sites for hydroxylation is 1. The van der Waals surface area contributed by atoms with Crippen LogP contribution in [-0.4, -0.2) is 52.0 Å². The second-order valence-electron chi connectivity index (χ2n) is 8.57. The number of hydrogen-bond acceptors (Lipinski definition) is 5. The normalized spacial score (nSPS) is 15.9. The first kappa shape index (κ1) is 25.2. The number of benzene rings is 2. The molecule has 33 heavy (non-hydrogen) atoms. The van der Waals surface area contributed by atoms with Crippen LogP contribution in [0.4, 0.5) is 0 Å². The van der Waals surface area contributed by atoms with E-state index in [2.05, 4.69) is 36.5 Å². The number of ether oxygens (including phenoxy) is 2. The zero-order chi connectivity index (χ0) is 24.0. The van der Waals surface area contributed by atoms with Crippen LogP contribution in [0, 0.1) is 5.92 Å². The van der Waals surface area contributed by atoms with E-state index in [1.165, 1.54) is 29.1 Å². The predicted octanol–water partition coefficient (Wildman–Crippen LogP) is 3.80. The van der Waals surface area contributed by atoms with Gasteiger partial charge in [-0.25, -0.2) is 8.42 Å². The molecule has 0 aromatic heterocycles. The topological polar surface area (TPSA) is 84.9 Å². The third-order valence-corrected chi connectivity index (χ3v) is 7.76. The molecule has 0 bridgehead atoms. The molecule has 7 nitrogen and oxygen atoms in total. The van der Waals surface area contributed by atoms with Gasteiger partial charge in [0.25, 0.3) is 5.91 Å². The summed E-state index contributed by atoms with van der Waals surface area (Å²) >= 11 is 0. The Kier molecular flexibility index (Phi) is 8.51. The van der Waals surface area contributed by atoms with Crippen molar-refractivity contribution in [3.8, 4) is 5.75 Å². The Morgan fingerprint density at radius 3 is 2.36 bits per heavy atom. The largest absolute Gasteiger partial charge is 0.495 e. The Bertz CT molecular complexity index is 1040. The Balaban J connectivity index is 1.87. The monoisotopic (exact) mass is 474 g/mol. The molecule has 0 spiro atoms. The first-order valence-corrected chi connectivity index (χ1v) is 12.9. The van der Waals surface area contributed by atoms with Crippen molar-refractivity contribution in [3.05, 3.63) is 59.2 Å². The highest BCUT2D eigenvalue weighted by Gasteiger charge is 2.30. The lowest BCUT2D eigenvalue weighted by molar-refractivity contribution is 0.0729. The van der Waals surface area contributed by atoms with Gasteiger partial charge in [-0.3, -0.25) is 4.79 Å². The molecule has 1 fully saturated rings. The molecular weight excluding hydrogens is 440 g/mol. The van der Waals surface area contributed by atoms with Crippen LogP contribution >= 0.6 is 0 Å². The van der Waals surface area contributed by atoms with E-state index >= 15 is 0 Å². The molecule has 0 aliphatic carbocycles. The quantitative estimate of drug-likeness (QED) is 0.598. The molecule has 1 amide bonds. The maximum absolute atomic E-state index is 13.2.